The number of benzene rings is 1. The van der Waals surface area contributed by atoms with Gasteiger partial charge in [0.15, 0.2) is 6.21 Å². The van der Waals surface area contributed by atoms with Crippen LogP contribution in [-0.2, 0) is 0 Å². The minimum absolute atomic E-state index is 0.295. The molecule has 1 nitrogen and oxygen atoms in total. The number of rotatable bonds is 1. The zero-order chi connectivity index (χ0) is 9.14. The fourth-order valence-electron chi connectivity index (χ4n) is 0.892. The average Bonchev–Trinajstić information content (AvgIpc) is 1.97. The Bertz CT molecular complexity index is 296. The third-order valence-corrected chi connectivity index (χ3v) is 1.72. The third kappa shape index (κ3) is 2.05. The summed E-state index contributed by atoms with van der Waals surface area (Å²) in [6, 6.07) is 4.64. The van der Waals surface area contributed by atoms with Gasteiger partial charge in [0.1, 0.15) is 19.9 Å². The summed E-state index contributed by atoms with van der Waals surface area (Å²) in [6.07, 6.45) is 1.65. The van der Waals surface area contributed by atoms with E-state index in [1.54, 1.807) is 22.9 Å². The molecule has 0 aliphatic rings. The molecule has 0 aromatic heterocycles. The SMILES string of the molecule is C[N+](C)=Cc1c(F)cccc1Cl. The van der Waals surface area contributed by atoms with E-state index < -0.39 is 0 Å². The van der Waals surface area contributed by atoms with Crippen molar-refractivity contribution in [2.45, 2.75) is 0 Å². The molecule has 0 bridgehead atoms. The van der Waals surface area contributed by atoms with Gasteiger partial charge in [-0.1, -0.05) is 17.7 Å². The average molecular weight is 187 g/mol. The molecule has 0 fully saturated rings. The van der Waals surface area contributed by atoms with Gasteiger partial charge < -0.3 is 0 Å². The van der Waals surface area contributed by atoms with Crippen molar-refractivity contribution in [1.29, 1.82) is 0 Å². The van der Waals surface area contributed by atoms with Crippen LogP contribution in [0.5, 0.6) is 0 Å². The lowest BCUT2D eigenvalue weighted by Gasteiger charge is -1.96. The lowest BCUT2D eigenvalue weighted by atomic mass is 10.2. The molecule has 0 aliphatic carbocycles. The molecule has 1 aromatic carbocycles. The highest BCUT2D eigenvalue weighted by atomic mass is 35.5. The summed E-state index contributed by atoms with van der Waals surface area (Å²) in [5.74, 6) is -0.295. The molecular weight excluding hydrogens is 177 g/mol. The molecule has 1 aromatic rings. The van der Waals surface area contributed by atoms with Crippen molar-refractivity contribution in [2.24, 2.45) is 0 Å². The lowest BCUT2D eigenvalue weighted by Crippen LogP contribution is -2.02. The van der Waals surface area contributed by atoms with Gasteiger partial charge in [-0.25, -0.2) is 8.97 Å². The van der Waals surface area contributed by atoms with Crippen LogP contribution < -0.4 is 0 Å². The van der Waals surface area contributed by atoms with Crippen molar-refractivity contribution in [1.82, 2.24) is 0 Å². The maximum atomic E-state index is 13.1. The smallest absolute Gasteiger partial charge is 0.174 e. The van der Waals surface area contributed by atoms with E-state index in [9.17, 15) is 4.39 Å². The molecule has 0 spiro atoms. The molecular formula is C9H10ClFN+. The van der Waals surface area contributed by atoms with Crippen molar-refractivity contribution in [3.63, 3.8) is 0 Å². The van der Waals surface area contributed by atoms with Crippen LogP contribution in [0.2, 0.25) is 5.02 Å². The first-order chi connectivity index (χ1) is 5.61. The van der Waals surface area contributed by atoms with Crippen molar-refractivity contribution >= 4 is 17.8 Å². The Hall–Kier alpha value is -0.890. The first-order valence-corrected chi connectivity index (χ1v) is 3.94. The van der Waals surface area contributed by atoms with Crippen LogP contribution in [0.1, 0.15) is 5.56 Å². The lowest BCUT2D eigenvalue weighted by molar-refractivity contribution is -0.458. The molecule has 0 saturated heterocycles. The molecule has 0 radical (unpaired) electrons. The molecule has 0 atom stereocenters. The van der Waals surface area contributed by atoms with Crippen molar-refractivity contribution in [3.8, 4) is 0 Å². The monoisotopic (exact) mass is 186 g/mol. The van der Waals surface area contributed by atoms with Crippen LogP contribution >= 0.6 is 11.6 Å². The highest BCUT2D eigenvalue weighted by molar-refractivity contribution is 6.32. The zero-order valence-corrected chi connectivity index (χ0v) is 7.77. The summed E-state index contributed by atoms with van der Waals surface area (Å²) in [4.78, 5) is 0. The van der Waals surface area contributed by atoms with E-state index in [1.165, 1.54) is 6.07 Å². The molecule has 0 heterocycles. The second-order valence-electron chi connectivity index (χ2n) is 2.73. The highest BCUT2D eigenvalue weighted by Gasteiger charge is 2.06. The Morgan fingerprint density at radius 1 is 1.42 bits per heavy atom. The Balaban J connectivity index is 3.22. The van der Waals surface area contributed by atoms with Crippen LogP contribution in [0.25, 0.3) is 0 Å². The van der Waals surface area contributed by atoms with Crippen molar-refractivity contribution in [3.05, 3.63) is 34.6 Å². The molecule has 1 rings (SSSR count). The van der Waals surface area contributed by atoms with Crippen LogP contribution in [0.4, 0.5) is 4.39 Å². The summed E-state index contributed by atoms with van der Waals surface area (Å²) in [5, 5.41) is 0.434. The first kappa shape index (κ1) is 9.20. The second-order valence-corrected chi connectivity index (χ2v) is 3.14. The topological polar surface area (TPSA) is 3.01 Å². The van der Waals surface area contributed by atoms with Gasteiger partial charge in [-0.15, -0.1) is 0 Å². The predicted molar refractivity (Wildman–Crippen MR) is 48.7 cm³/mol. The van der Waals surface area contributed by atoms with E-state index in [4.69, 9.17) is 11.6 Å². The number of hydrogen-bond donors (Lipinski definition) is 0. The standard InChI is InChI=1S/C9H10ClFN/c1-12(2)6-7-8(10)4-3-5-9(7)11/h3-6H,1-2H3/q+1. The Morgan fingerprint density at radius 3 is 2.58 bits per heavy atom. The zero-order valence-electron chi connectivity index (χ0n) is 7.01. The third-order valence-electron chi connectivity index (χ3n) is 1.39. The largest absolute Gasteiger partial charge is 0.241 e. The minimum Gasteiger partial charge on any atom is -0.241 e. The van der Waals surface area contributed by atoms with E-state index >= 15 is 0 Å². The molecule has 12 heavy (non-hydrogen) atoms. The summed E-state index contributed by atoms with van der Waals surface area (Å²) >= 11 is 5.78. The molecule has 0 amide bonds. The van der Waals surface area contributed by atoms with E-state index in [0.29, 0.717) is 10.6 Å². The van der Waals surface area contributed by atoms with Crippen LogP contribution in [0.3, 0.4) is 0 Å². The van der Waals surface area contributed by atoms with E-state index in [-0.39, 0.29) is 5.82 Å². The Labute approximate surface area is 76.1 Å². The van der Waals surface area contributed by atoms with Crippen LogP contribution in [-0.4, -0.2) is 24.9 Å². The molecule has 3 heteroatoms. The molecule has 0 aliphatic heterocycles. The molecule has 0 unspecified atom stereocenters. The summed E-state index contributed by atoms with van der Waals surface area (Å²) in [5.41, 5.74) is 0.434. The van der Waals surface area contributed by atoms with E-state index in [0.717, 1.165) is 0 Å². The van der Waals surface area contributed by atoms with Gasteiger partial charge in [-0.05, 0) is 12.1 Å². The van der Waals surface area contributed by atoms with E-state index in [1.807, 2.05) is 14.1 Å². The minimum atomic E-state index is -0.295. The van der Waals surface area contributed by atoms with Gasteiger partial charge in [0.05, 0.1) is 10.6 Å². The quantitative estimate of drug-likeness (QED) is 0.467. The molecule has 0 saturated carbocycles. The predicted octanol–water partition coefficient (Wildman–Crippen LogP) is 2.17. The van der Waals surface area contributed by atoms with Gasteiger partial charge in [-0.2, -0.15) is 0 Å². The number of nitrogens with zero attached hydrogens (tertiary/aromatic N) is 1. The van der Waals surface area contributed by atoms with Crippen LogP contribution in [0, 0.1) is 5.82 Å². The van der Waals surface area contributed by atoms with Crippen molar-refractivity contribution in [2.75, 3.05) is 14.1 Å². The van der Waals surface area contributed by atoms with Gasteiger partial charge in [0, 0.05) is 0 Å². The van der Waals surface area contributed by atoms with Gasteiger partial charge in [0.25, 0.3) is 0 Å². The fourth-order valence-corrected chi connectivity index (χ4v) is 1.10. The Kier molecular flexibility index (Phi) is 2.82. The highest BCUT2D eigenvalue weighted by Crippen LogP contribution is 2.16. The van der Waals surface area contributed by atoms with Crippen LogP contribution in [0.15, 0.2) is 18.2 Å². The van der Waals surface area contributed by atoms with Gasteiger partial charge >= 0.3 is 0 Å². The molecule has 64 valence electrons. The van der Waals surface area contributed by atoms with E-state index in [2.05, 4.69) is 0 Å². The molecule has 0 N–H and O–H groups in total. The summed E-state index contributed by atoms with van der Waals surface area (Å²) in [6.45, 7) is 0. The summed E-state index contributed by atoms with van der Waals surface area (Å²) in [7, 11) is 3.64. The maximum Gasteiger partial charge on any atom is 0.174 e. The summed E-state index contributed by atoms with van der Waals surface area (Å²) < 4.78 is 14.8. The normalized spacial score (nSPS) is 9.67. The van der Waals surface area contributed by atoms with Gasteiger partial charge in [-0.3, -0.25) is 0 Å². The maximum absolute atomic E-state index is 13.1. The number of hydrogen-bond acceptors (Lipinski definition) is 0. The second kappa shape index (κ2) is 3.68. The number of halogens is 2. The Morgan fingerprint density at radius 2 is 2.08 bits per heavy atom. The first-order valence-electron chi connectivity index (χ1n) is 3.56. The fraction of sp³-hybridized carbons (Fsp3) is 0.222. The van der Waals surface area contributed by atoms with Gasteiger partial charge in [0.2, 0.25) is 0 Å². The van der Waals surface area contributed by atoms with Crippen molar-refractivity contribution < 1.29 is 8.97 Å².